The molecule has 3 heteroatoms. The molecule has 5 aliphatic carbocycles. The normalized spacial score (nSPS) is 56.1. The highest BCUT2D eigenvalue weighted by Crippen LogP contribution is 2.81. The highest BCUT2D eigenvalue weighted by atomic mass is 16.3. The van der Waals surface area contributed by atoms with Gasteiger partial charge < -0.3 is 10.2 Å². The van der Waals surface area contributed by atoms with E-state index in [1.807, 2.05) is 0 Å². The van der Waals surface area contributed by atoms with E-state index in [1.54, 1.807) is 0 Å². The number of hydrogen-bond acceptors (Lipinski definition) is 3. The fraction of sp³-hybridized carbons (Fsp3) is 0.842. The van der Waals surface area contributed by atoms with Gasteiger partial charge >= 0.3 is 0 Å². The third-order valence-corrected chi connectivity index (χ3v) is 8.57. The number of aliphatic hydroxyl groups is 2. The van der Waals surface area contributed by atoms with Gasteiger partial charge in [-0.25, -0.2) is 0 Å². The fourth-order valence-electron chi connectivity index (χ4n) is 7.48. The molecule has 5 aliphatic rings. The number of carbonyl (C=O) groups excluding carboxylic acids is 1. The summed E-state index contributed by atoms with van der Waals surface area (Å²) < 4.78 is 0. The maximum atomic E-state index is 11.8. The van der Waals surface area contributed by atoms with Crippen molar-refractivity contribution < 1.29 is 15.0 Å². The molecule has 7 atom stereocenters. The molecule has 120 valence electrons. The lowest BCUT2D eigenvalue weighted by atomic mass is 9.49. The minimum absolute atomic E-state index is 0.0379. The summed E-state index contributed by atoms with van der Waals surface area (Å²) in [5.74, 6) is 2.60. The van der Waals surface area contributed by atoms with Crippen LogP contribution in [0.4, 0.5) is 0 Å². The molecule has 0 amide bonds. The van der Waals surface area contributed by atoms with E-state index in [4.69, 9.17) is 0 Å². The molecule has 1 spiro atoms. The Morgan fingerprint density at radius 1 is 1.18 bits per heavy atom. The summed E-state index contributed by atoms with van der Waals surface area (Å²) in [5.41, 5.74) is 1.60. The monoisotopic (exact) mass is 302 g/mol. The van der Waals surface area contributed by atoms with Crippen LogP contribution in [0.2, 0.25) is 0 Å². The lowest BCUT2D eigenvalue weighted by molar-refractivity contribution is -0.120. The predicted molar refractivity (Wildman–Crippen MR) is 82.1 cm³/mol. The van der Waals surface area contributed by atoms with Gasteiger partial charge in [0, 0.05) is 6.42 Å². The molecule has 2 N–H and O–H groups in total. The number of rotatable bonds is 0. The summed E-state index contributed by atoms with van der Waals surface area (Å²) in [7, 11) is 0. The molecule has 0 bridgehead atoms. The highest BCUT2D eigenvalue weighted by Gasteiger charge is 2.77. The summed E-state index contributed by atoms with van der Waals surface area (Å²) in [6.07, 6.45) is 8.02. The van der Waals surface area contributed by atoms with Gasteiger partial charge in [-0.15, -0.1) is 0 Å². The highest BCUT2D eigenvalue weighted by molar-refractivity contribution is 5.94. The Morgan fingerprint density at radius 3 is 2.82 bits per heavy atom. The molecule has 4 fully saturated rings. The minimum atomic E-state index is -0.106. The van der Waals surface area contributed by atoms with Gasteiger partial charge in [0.05, 0.1) is 6.10 Å². The smallest absolute Gasteiger partial charge is 0.197 e. The molecule has 0 aliphatic heterocycles. The molecule has 0 aromatic rings. The van der Waals surface area contributed by atoms with Gasteiger partial charge in [-0.1, -0.05) is 6.92 Å². The SMILES string of the molecule is C[C@]12CC[C@H]3[C@@H](CCC4=C(O)C(=O)CC[C@@H]43)[C@@]13C[C@H]3C[C@@H]2O. The molecule has 0 aromatic carbocycles. The third-order valence-electron chi connectivity index (χ3n) is 8.57. The summed E-state index contributed by atoms with van der Waals surface area (Å²) in [6.45, 7) is 2.34. The van der Waals surface area contributed by atoms with Crippen LogP contribution < -0.4 is 0 Å². The number of ketones is 1. The van der Waals surface area contributed by atoms with E-state index in [9.17, 15) is 15.0 Å². The molecule has 0 aromatic heterocycles. The van der Waals surface area contributed by atoms with Crippen LogP contribution in [0.1, 0.15) is 58.3 Å². The van der Waals surface area contributed by atoms with E-state index < -0.39 is 0 Å². The van der Waals surface area contributed by atoms with Crippen molar-refractivity contribution in [3.63, 3.8) is 0 Å². The lowest BCUT2D eigenvalue weighted by Crippen LogP contribution is -2.50. The van der Waals surface area contributed by atoms with E-state index in [2.05, 4.69) is 6.92 Å². The van der Waals surface area contributed by atoms with Gasteiger partial charge in [0.15, 0.2) is 11.5 Å². The number of Topliss-reactive ketones (excluding diaryl/α,β-unsaturated/α-hetero) is 1. The second-order valence-electron chi connectivity index (χ2n) is 8.90. The van der Waals surface area contributed by atoms with Crippen LogP contribution in [0, 0.1) is 34.5 Å². The van der Waals surface area contributed by atoms with E-state index in [1.165, 1.54) is 12.8 Å². The zero-order chi connectivity index (χ0) is 15.3. The first-order valence-electron chi connectivity index (χ1n) is 9.12. The van der Waals surface area contributed by atoms with Gasteiger partial charge in [-0.2, -0.15) is 0 Å². The van der Waals surface area contributed by atoms with Crippen LogP contribution in [-0.2, 0) is 4.79 Å². The average Bonchev–Trinajstić information content (AvgIpc) is 3.16. The molecule has 0 radical (unpaired) electrons. The number of aliphatic hydroxyl groups excluding tert-OH is 2. The maximum absolute atomic E-state index is 11.8. The summed E-state index contributed by atoms with van der Waals surface area (Å²) in [6, 6.07) is 0. The van der Waals surface area contributed by atoms with Gasteiger partial charge in [0.2, 0.25) is 0 Å². The van der Waals surface area contributed by atoms with Crippen molar-refractivity contribution >= 4 is 5.78 Å². The van der Waals surface area contributed by atoms with E-state index >= 15 is 0 Å². The second kappa shape index (κ2) is 3.98. The van der Waals surface area contributed by atoms with E-state index in [0.29, 0.717) is 29.6 Å². The Labute approximate surface area is 131 Å². The summed E-state index contributed by atoms with van der Waals surface area (Å²) in [5, 5.41) is 20.8. The van der Waals surface area contributed by atoms with Crippen molar-refractivity contribution in [3.8, 4) is 0 Å². The van der Waals surface area contributed by atoms with Gasteiger partial charge in [0.1, 0.15) is 0 Å². The van der Waals surface area contributed by atoms with Crippen molar-refractivity contribution in [1.29, 1.82) is 0 Å². The van der Waals surface area contributed by atoms with Gasteiger partial charge in [0.25, 0.3) is 0 Å². The molecule has 4 saturated carbocycles. The predicted octanol–water partition coefficient (Wildman–Crippen LogP) is 3.37. The van der Waals surface area contributed by atoms with Crippen molar-refractivity contribution in [2.75, 3.05) is 0 Å². The number of carbonyl (C=O) groups is 1. The summed E-state index contributed by atoms with van der Waals surface area (Å²) in [4.78, 5) is 11.8. The van der Waals surface area contributed by atoms with Crippen LogP contribution in [0.3, 0.4) is 0 Å². The molecule has 0 unspecified atom stereocenters. The molecule has 3 nitrogen and oxygen atoms in total. The topological polar surface area (TPSA) is 57.5 Å². The van der Waals surface area contributed by atoms with E-state index in [0.717, 1.165) is 43.6 Å². The molecule has 0 heterocycles. The van der Waals surface area contributed by atoms with Crippen molar-refractivity contribution in [3.05, 3.63) is 11.3 Å². The first-order chi connectivity index (χ1) is 10.5. The summed E-state index contributed by atoms with van der Waals surface area (Å²) >= 11 is 0. The average molecular weight is 302 g/mol. The van der Waals surface area contributed by atoms with Crippen molar-refractivity contribution in [2.45, 2.75) is 64.4 Å². The second-order valence-corrected chi connectivity index (χ2v) is 8.90. The standard InChI is InChI=1S/C19H26O3/c1-18-7-6-12-11-3-5-15(20)17(22)13(11)2-4-14(12)19(18)9-10(19)8-16(18)21/h10-12,14,16,21-22H,2-9H2,1H3/t10-,11-,12-,14-,16+,18-,19+/m1/s1. The number of fused-ring (bicyclic) bond motifs is 3. The van der Waals surface area contributed by atoms with Crippen LogP contribution >= 0.6 is 0 Å². The molecular formula is C19H26O3. The largest absolute Gasteiger partial charge is 0.504 e. The fourth-order valence-corrected chi connectivity index (χ4v) is 7.48. The Kier molecular flexibility index (Phi) is 2.46. The van der Waals surface area contributed by atoms with Crippen molar-refractivity contribution in [1.82, 2.24) is 0 Å². The zero-order valence-corrected chi connectivity index (χ0v) is 13.3. The molecular weight excluding hydrogens is 276 g/mol. The molecule has 22 heavy (non-hydrogen) atoms. The quantitative estimate of drug-likeness (QED) is 0.721. The minimum Gasteiger partial charge on any atom is -0.504 e. The van der Waals surface area contributed by atoms with Gasteiger partial charge in [-0.3, -0.25) is 4.79 Å². The Bertz CT molecular complexity index is 593. The van der Waals surface area contributed by atoms with Crippen LogP contribution in [-0.4, -0.2) is 22.1 Å². The van der Waals surface area contributed by atoms with Crippen LogP contribution in [0.15, 0.2) is 11.3 Å². The first-order valence-corrected chi connectivity index (χ1v) is 9.12. The third kappa shape index (κ3) is 1.32. The lowest BCUT2D eigenvalue weighted by Gasteiger charge is -2.55. The Hall–Kier alpha value is -0.830. The van der Waals surface area contributed by atoms with Gasteiger partial charge in [-0.05, 0) is 85.0 Å². The number of hydrogen-bond donors (Lipinski definition) is 2. The van der Waals surface area contributed by atoms with Crippen LogP contribution in [0.5, 0.6) is 0 Å². The molecule has 5 rings (SSSR count). The van der Waals surface area contributed by atoms with Crippen molar-refractivity contribution in [2.24, 2.45) is 34.5 Å². The number of allylic oxidation sites excluding steroid dienone is 1. The van der Waals surface area contributed by atoms with E-state index in [-0.39, 0.29) is 23.1 Å². The van der Waals surface area contributed by atoms with Crippen LogP contribution in [0.25, 0.3) is 0 Å². The Morgan fingerprint density at radius 2 is 2.00 bits per heavy atom. The maximum Gasteiger partial charge on any atom is 0.197 e. The Balaban J connectivity index is 1.54. The zero-order valence-electron chi connectivity index (χ0n) is 13.3. The molecule has 0 saturated heterocycles. The first kappa shape index (κ1) is 13.6.